The first-order chi connectivity index (χ1) is 13.7. The quantitative estimate of drug-likeness (QED) is 0.312. The van der Waals surface area contributed by atoms with Crippen molar-refractivity contribution in [3.8, 4) is 0 Å². The van der Waals surface area contributed by atoms with E-state index in [2.05, 4.69) is 41.3 Å². The molecule has 0 unspecified atom stereocenters. The van der Waals surface area contributed by atoms with Gasteiger partial charge in [0.15, 0.2) is 5.96 Å². The molecular weight excluding hydrogens is 481 g/mol. The Hall–Kier alpha value is -2.14. The molecule has 1 aliphatic heterocycles. The number of aromatic nitrogens is 3. The van der Waals surface area contributed by atoms with Crippen LogP contribution in [0.1, 0.15) is 17.0 Å². The van der Waals surface area contributed by atoms with Crippen LogP contribution in [-0.2, 0) is 13.0 Å². The largest absolute Gasteiger partial charge is 0.361 e. The van der Waals surface area contributed by atoms with Gasteiger partial charge in [0, 0.05) is 70.2 Å². The first-order valence-electron chi connectivity index (χ1n) is 9.74. The molecule has 0 saturated carbocycles. The van der Waals surface area contributed by atoms with Gasteiger partial charge < -0.3 is 19.7 Å². The second kappa shape index (κ2) is 10.1. The Morgan fingerprint density at radius 1 is 1.31 bits per heavy atom. The van der Waals surface area contributed by atoms with Gasteiger partial charge in [0.2, 0.25) is 0 Å². The number of rotatable bonds is 5. The molecule has 29 heavy (non-hydrogen) atoms. The summed E-state index contributed by atoms with van der Waals surface area (Å²) < 4.78 is 5.16. The average Bonchev–Trinajstić information content (AvgIpc) is 3.32. The summed E-state index contributed by atoms with van der Waals surface area (Å²) in [5.74, 6) is 1.83. The molecule has 1 fully saturated rings. The van der Waals surface area contributed by atoms with Gasteiger partial charge >= 0.3 is 0 Å². The zero-order valence-electron chi connectivity index (χ0n) is 16.9. The summed E-state index contributed by atoms with van der Waals surface area (Å²) in [7, 11) is 1.85. The van der Waals surface area contributed by atoms with E-state index in [-0.39, 0.29) is 24.0 Å². The van der Waals surface area contributed by atoms with E-state index in [1.165, 1.54) is 10.9 Å². The molecule has 0 atom stereocenters. The molecular formula is C20H28IN7O. The lowest BCUT2D eigenvalue weighted by Crippen LogP contribution is -2.52. The van der Waals surface area contributed by atoms with Crippen molar-refractivity contribution in [1.82, 2.24) is 30.2 Å². The van der Waals surface area contributed by atoms with E-state index in [1.54, 1.807) is 0 Å². The summed E-state index contributed by atoms with van der Waals surface area (Å²) in [5.41, 5.74) is 3.22. The Bertz CT molecular complexity index is 943. The van der Waals surface area contributed by atoms with Crippen LogP contribution in [0.25, 0.3) is 11.0 Å². The van der Waals surface area contributed by atoms with Crippen molar-refractivity contribution in [2.24, 2.45) is 4.99 Å². The minimum absolute atomic E-state index is 0. The molecule has 3 aromatic heterocycles. The number of aromatic amines is 1. The molecule has 4 rings (SSSR count). The van der Waals surface area contributed by atoms with Gasteiger partial charge in [0.25, 0.3) is 0 Å². The van der Waals surface area contributed by atoms with E-state index < -0.39 is 0 Å². The topological polar surface area (TPSA) is 85.6 Å². The fourth-order valence-corrected chi connectivity index (χ4v) is 3.70. The number of guanidine groups is 1. The van der Waals surface area contributed by atoms with Gasteiger partial charge in [-0.3, -0.25) is 9.89 Å². The minimum Gasteiger partial charge on any atom is -0.361 e. The normalized spacial score (nSPS) is 15.5. The molecule has 0 spiro atoms. The molecule has 9 heteroatoms. The number of aryl methyl sites for hydroxylation is 1. The molecule has 4 heterocycles. The molecule has 3 aromatic rings. The lowest BCUT2D eigenvalue weighted by Gasteiger charge is -2.36. The summed E-state index contributed by atoms with van der Waals surface area (Å²) in [4.78, 5) is 16.8. The monoisotopic (exact) mass is 509 g/mol. The van der Waals surface area contributed by atoms with Crippen molar-refractivity contribution in [1.29, 1.82) is 0 Å². The Morgan fingerprint density at radius 2 is 2.14 bits per heavy atom. The fraction of sp³-hybridized carbons (Fsp3) is 0.450. The number of nitrogens with one attached hydrogen (secondary N) is 2. The first kappa shape index (κ1) is 21.6. The maximum absolute atomic E-state index is 5.16. The predicted octanol–water partition coefficient (Wildman–Crippen LogP) is 2.41. The predicted molar refractivity (Wildman–Crippen MR) is 125 cm³/mol. The second-order valence-electron chi connectivity index (χ2n) is 7.13. The van der Waals surface area contributed by atoms with Crippen LogP contribution in [-0.4, -0.2) is 70.7 Å². The molecule has 0 aromatic carbocycles. The zero-order valence-corrected chi connectivity index (χ0v) is 19.2. The molecule has 0 aliphatic carbocycles. The lowest BCUT2D eigenvalue weighted by atomic mass is 10.1. The highest BCUT2D eigenvalue weighted by Crippen LogP contribution is 2.15. The van der Waals surface area contributed by atoms with Crippen molar-refractivity contribution >= 4 is 41.0 Å². The highest BCUT2D eigenvalue weighted by Gasteiger charge is 2.20. The van der Waals surface area contributed by atoms with E-state index in [1.807, 2.05) is 38.5 Å². The van der Waals surface area contributed by atoms with Crippen molar-refractivity contribution in [3.63, 3.8) is 0 Å². The molecule has 0 amide bonds. The summed E-state index contributed by atoms with van der Waals surface area (Å²) >= 11 is 0. The van der Waals surface area contributed by atoms with E-state index in [4.69, 9.17) is 4.52 Å². The second-order valence-corrected chi connectivity index (χ2v) is 7.13. The molecule has 156 valence electrons. The fourth-order valence-electron chi connectivity index (χ4n) is 3.70. The summed E-state index contributed by atoms with van der Waals surface area (Å²) in [6.07, 6.45) is 4.79. The van der Waals surface area contributed by atoms with Gasteiger partial charge in [0.1, 0.15) is 11.4 Å². The van der Waals surface area contributed by atoms with Crippen LogP contribution in [0.5, 0.6) is 0 Å². The van der Waals surface area contributed by atoms with Crippen LogP contribution in [0.4, 0.5) is 0 Å². The third kappa shape index (κ3) is 5.27. The van der Waals surface area contributed by atoms with Gasteiger partial charge in [-0.15, -0.1) is 24.0 Å². The van der Waals surface area contributed by atoms with Crippen molar-refractivity contribution in [2.75, 3.05) is 39.8 Å². The number of H-pyrrole nitrogens is 1. The van der Waals surface area contributed by atoms with Crippen LogP contribution >= 0.6 is 24.0 Å². The molecule has 8 nitrogen and oxygen atoms in total. The highest BCUT2D eigenvalue weighted by molar-refractivity contribution is 14.0. The van der Waals surface area contributed by atoms with Gasteiger partial charge in [-0.1, -0.05) is 5.16 Å². The van der Waals surface area contributed by atoms with Crippen LogP contribution < -0.4 is 5.32 Å². The molecule has 0 radical (unpaired) electrons. The van der Waals surface area contributed by atoms with E-state index in [0.717, 1.165) is 68.8 Å². The number of aliphatic imine (C=N–C) groups is 1. The van der Waals surface area contributed by atoms with Crippen molar-refractivity contribution < 1.29 is 4.52 Å². The summed E-state index contributed by atoms with van der Waals surface area (Å²) in [6.45, 7) is 7.48. The third-order valence-electron chi connectivity index (χ3n) is 5.16. The molecule has 2 N–H and O–H groups in total. The summed E-state index contributed by atoms with van der Waals surface area (Å²) in [6, 6.07) is 6.09. The maximum atomic E-state index is 5.16. The van der Waals surface area contributed by atoms with E-state index in [0.29, 0.717) is 0 Å². The SMILES string of the molecule is CN=C(NCCc1c[nH]c2ncccc12)N1CCN(Cc2cc(C)on2)CC1.I. The van der Waals surface area contributed by atoms with Gasteiger partial charge in [-0.05, 0) is 31.0 Å². The number of hydrogen-bond donors (Lipinski definition) is 2. The first-order valence-corrected chi connectivity index (χ1v) is 9.74. The Labute approximate surface area is 187 Å². The number of pyridine rings is 1. The van der Waals surface area contributed by atoms with E-state index in [9.17, 15) is 0 Å². The van der Waals surface area contributed by atoms with Crippen molar-refractivity contribution in [2.45, 2.75) is 19.9 Å². The number of piperazine rings is 1. The van der Waals surface area contributed by atoms with E-state index >= 15 is 0 Å². The van der Waals surface area contributed by atoms with Crippen molar-refractivity contribution in [3.05, 3.63) is 47.6 Å². The molecule has 0 bridgehead atoms. The third-order valence-corrected chi connectivity index (χ3v) is 5.16. The number of fused-ring (bicyclic) bond motifs is 1. The number of nitrogens with zero attached hydrogens (tertiary/aromatic N) is 5. The Morgan fingerprint density at radius 3 is 2.86 bits per heavy atom. The van der Waals surface area contributed by atoms with Gasteiger partial charge in [-0.25, -0.2) is 4.98 Å². The Balaban J connectivity index is 0.00000240. The average molecular weight is 509 g/mol. The smallest absolute Gasteiger partial charge is 0.193 e. The maximum Gasteiger partial charge on any atom is 0.193 e. The highest BCUT2D eigenvalue weighted by atomic mass is 127. The minimum atomic E-state index is 0. The standard InChI is InChI=1S/C20H27N7O.HI/c1-15-12-17(25-28-15)14-26-8-10-27(11-9-26)20(21-2)23-7-5-16-13-24-19-18(16)4-3-6-22-19;/h3-4,6,12-13H,5,7-11,14H2,1-2H3,(H,21,23)(H,22,24);1H. The number of hydrogen-bond acceptors (Lipinski definition) is 5. The van der Waals surface area contributed by atoms with Crippen LogP contribution in [0.3, 0.4) is 0 Å². The Kier molecular flexibility index (Phi) is 7.48. The summed E-state index contributed by atoms with van der Waals surface area (Å²) in [5, 5.41) is 8.79. The van der Waals surface area contributed by atoms with Crippen LogP contribution in [0, 0.1) is 6.92 Å². The lowest BCUT2D eigenvalue weighted by molar-refractivity contribution is 0.169. The molecule has 1 saturated heterocycles. The van der Waals surface area contributed by atoms with Gasteiger partial charge in [-0.2, -0.15) is 0 Å². The van der Waals surface area contributed by atoms with Crippen LogP contribution in [0.15, 0.2) is 40.1 Å². The van der Waals surface area contributed by atoms with Crippen LogP contribution in [0.2, 0.25) is 0 Å². The van der Waals surface area contributed by atoms with Gasteiger partial charge in [0.05, 0.1) is 5.69 Å². The number of halogens is 1. The molecule has 1 aliphatic rings. The zero-order chi connectivity index (χ0) is 19.3.